The molecule has 1 fully saturated rings. The van der Waals surface area contributed by atoms with Gasteiger partial charge in [0.25, 0.3) is 0 Å². The van der Waals surface area contributed by atoms with Gasteiger partial charge in [-0.2, -0.15) is 0 Å². The maximum absolute atomic E-state index is 5.97. The molecule has 0 spiro atoms. The predicted molar refractivity (Wildman–Crippen MR) is 76.8 cm³/mol. The van der Waals surface area contributed by atoms with Crippen LogP contribution in [-0.4, -0.2) is 68.3 Å². The maximum Gasteiger partial charge on any atom is 0.0638 e. The molecule has 1 heterocycles. The van der Waals surface area contributed by atoms with E-state index in [4.69, 9.17) is 10.5 Å². The Morgan fingerprint density at radius 1 is 1.50 bits per heavy atom. The predicted octanol–water partition coefficient (Wildman–Crippen LogP) is 1.15. The number of methoxy groups -OCH3 is 1. The molecular weight excluding hydrogens is 226 g/mol. The summed E-state index contributed by atoms with van der Waals surface area (Å²) in [6, 6.07) is 1.03. The lowest BCUT2D eigenvalue weighted by Crippen LogP contribution is -2.52. The van der Waals surface area contributed by atoms with Crippen molar-refractivity contribution < 1.29 is 4.74 Å². The van der Waals surface area contributed by atoms with Crippen LogP contribution in [0.2, 0.25) is 0 Å². The van der Waals surface area contributed by atoms with Gasteiger partial charge in [0.05, 0.1) is 5.60 Å². The molecule has 2 N–H and O–H groups in total. The molecule has 0 aliphatic carbocycles. The molecule has 1 saturated heterocycles. The Labute approximate surface area is 112 Å². The van der Waals surface area contributed by atoms with E-state index in [2.05, 4.69) is 37.7 Å². The third-order valence-corrected chi connectivity index (χ3v) is 4.30. The number of likely N-dealkylation sites (N-methyl/N-ethyl adjacent to an activating group) is 2. The van der Waals surface area contributed by atoms with Crippen LogP contribution in [0.4, 0.5) is 0 Å². The molecule has 0 amide bonds. The second-order valence-corrected chi connectivity index (χ2v) is 6.28. The molecular formula is C14H31N3O. The minimum Gasteiger partial charge on any atom is -0.379 e. The first-order chi connectivity index (χ1) is 8.39. The van der Waals surface area contributed by atoms with E-state index in [1.807, 2.05) is 0 Å². The van der Waals surface area contributed by atoms with Crippen molar-refractivity contribution in [2.75, 3.05) is 40.8 Å². The van der Waals surface area contributed by atoms with Gasteiger partial charge in [0.15, 0.2) is 0 Å². The summed E-state index contributed by atoms with van der Waals surface area (Å²) in [7, 11) is 6.20. The van der Waals surface area contributed by atoms with Crippen molar-refractivity contribution in [1.29, 1.82) is 0 Å². The first kappa shape index (κ1) is 15.9. The van der Waals surface area contributed by atoms with Crippen molar-refractivity contribution in [3.8, 4) is 0 Å². The summed E-state index contributed by atoms with van der Waals surface area (Å²) in [5.41, 5.74) is 5.87. The first-order valence-electron chi connectivity index (χ1n) is 7.05. The van der Waals surface area contributed by atoms with E-state index in [0.717, 1.165) is 13.0 Å². The van der Waals surface area contributed by atoms with Gasteiger partial charge in [-0.1, -0.05) is 0 Å². The van der Waals surface area contributed by atoms with Gasteiger partial charge in [-0.05, 0) is 53.8 Å². The third-order valence-electron chi connectivity index (χ3n) is 4.30. The fourth-order valence-electron chi connectivity index (χ4n) is 2.81. The van der Waals surface area contributed by atoms with Gasteiger partial charge in [-0.3, -0.25) is 4.90 Å². The third kappa shape index (κ3) is 4.50. The van der Waals surface area contributed by atoms with E-state index < -0.39 is 0 Å². The fourth-order valence-corrected chi connectivity index (χ4v) is 2.81. The molecule has 0 saturated carbocycles. The summed E-state index contributed by atoms with van der Waals surface area (Å²) < 4.78 is 5.54. The van der Waals surface area contributed by atoms with Gasteiger partial charge in [-0.25, -0.2) is 0 Å². The Hall–Kier alpha value is -0.160. The summed E-state index contributed by atoms with van der Waals surface area (Å²) in [6.07, 6.45) is 3.55. The van der Waals surface area contributed by atoms with Crippen molar-refractivity contribution in [3.05, 3.63) is 0 Å². The molecule has 0 aromatic carbocycles. The zero-order valence-corrected chi connectivity index (χ0v) is 12.8. The smallest absolute Gasteiger partial charge is 0.0638 e. The summed E-state index contributed by atoms with van der Waals surface area (Å²) in [5, 5.41) is 0. The summed E-state index contributed by atoms with van der Waals surface area (Å²) in [4.78, 5) is 4.89. The molecule has 0 radical (unpaired) electrons. The lowest BCUT2D eigenvalue weighted by molar-refractivity contribution is -0.0143. The van der Waals surface area contributed by atoms with Crippen LogP contribution in [0.25, 0.3) is 0 Å². The van der Waals surface area contributed by atoms with E-state index in [1.165, 1.54) is 19.4 Å². The fraction of sp³-hybridized carbons (Fsp3) is 1.00. The molecule has 0 aromatic heterocycles. The Balaban J connectivity index is 2.58. The summed E-state index contributed by atoms with van der Waals surface area (Å²) in [6.45, 7) is 7.35. The van der Waals surface area contributed by atoms with Crippen molar-refractivity contribution in [2.45, 2.75) is 50.8 Å². The minimum absolute atomic E-state index is 0.0983. The molecule has 1 aliphatic heterocycles. The number of ether oxygens (including phenoxy) is 1. The molecule has 2 atom stereocenters. The standard InChI is InChI=1S/C14H31N3O/c1-14(2,18-5)9-13(10-15)17(4)12-7-6-8-16(3)11-12/h12-13H,6-11,15H2,1-5H3. The average Bonchev–Trinajstić information content (AvgIpc) is 2.35. The quantitative estimate of drug-likeness (QED) is 0.775. The van der Waals surface area contributed by atoms with Crippen LogP contribution in [0.1, 0.15) is 33.1 Å². The van der Waals surface area contributed by atoms with E-state index in [9.17, 15) is 0 Å². The highest BCUT2D eigenvalue weighted by Gasteiger charge is 2.30. The monoisotopic (exact) mass is 257 g/mol. The molecule has 4 nitrogen and oxygen atoms in total. The summed E-state index contributed by atoms with van der Waals surface area (Å²) in [5.74, 6) is 0. The number of hydrogen-bond acceptors (Lipinski definition) is 4. The molecule has 1 aliphatic rings. The molecule has 2 unspecified atom stereocenters. The molecule has 4 heteroatoms. The van der Waals surface area contributed by atoms with E-state index >= 15 is 0 Å². The van der Waals surface area contributed by atoms with E-state index in [-0.39, 0.29) is 5.60 Å². The normalized spacial score (nSPS) is 24.5. The second-order valence-electron chi connectivity index (χ2n) is 6.28. The van der Waals surface area contributed by atoms with Gasteiger partial charge in [-0.15, -0.1) is 0 Å². The number of nitrogens with two attached hydrogens (primary N) is 1. The van der Waals surface area contributed by atoms with Crippen molar-refractivity contribution in [3.63, 3.8) is 0 Å². The lowest BCUT2D eigenvalue weighted by atomic mass is 9.95. The van der Waals surface area contributed by atoms with Crippen molar-refractivity contribution >= 4 is 0 Å². The van der Waals surface area contributed by atoms with Crippen LogP contribution in [0.3, 0.4) is 0 Å². The van der Waals surface area contributed by atoms with Crippen LogP contribution in [-0.2, 0) is 4.74 Å². The highest BCUT2D eigenvalue weighted by atomic mass is 16.5. The second kappa shape index (κ2) is 6.85. The Morgan fingerprint density at radius 3 is 2.67 bits per heavy atom. The van der Waals surface area contributed by atoms with Gasteiger partial charge < -0.3 is 15.4 Å². The van der Waals surface area contributed by atoms with Crippen LogP contribution >= 0.6 is 0 Å². The highest BCUT2D eigenvalue weighted by Crippen LogP contribution is 2.22. The maximum atomic E-state index is 5.97. The van der Waals surface area contributed by atoms with E-state index in [1.54, 1.807) is 7.11 Å². The molecule has 0 bridgehead atoms. The zero-order chi connectivity index (χ0) is 13.8. The van der Waals surface area contributed by atoms with Gasteiger partial charge in [0.1, 0.15) is 0 Å². The molecule has 1 rings (SSSR count). The van der Waals surface area contributed by atoms with Crippen molar-refractivity contribution in [2.24, 2.45) is 5.73 Å². The SMILES string of the molecule is COC(C)(C)CC(CN)N(C)C1CCCN(C)C1. The first-order valence-corrected chi connectivity index (χ1v) is 7.05. The van der Waals surface area contributed by atoms with Crippen LogP contribution in [0, 0.1) is 0 Å². The Morgan fingerprint density at radius 2 is 2.17 bits per heavy atom. The Bertz CT molecular complexity index is 245. The van der Waals surface area contributed by atoms with Gasteiger partial charge in [0.2, 0.25) is 0 Å². The van der Waals surface area contributed by atoms with Crippen LogP contribution in [0.15, 0.2) is 0 Å². The van der Waals surface area contributed by atoms with Gasteiger partial charge in [0, 0.05) is 32.3 Å². The highest BCUT2D eigenvalue weighted by molar-refractivity contribution is 4.86. The van der Waals surface area contributed by atoms with Crippen molar-refractivity contribution in [1.82, 2.24) is 9.80 Å². The van der Waals surface area contributed by atoms with E-state index in [0.29, 0.717) is 18.6 Å². The molecule has 18 heavy (non-hydrogen) atoms. The Kier molecular flexibility index (Phi) is 6.05. The lowest BCUT2D eigenvalue weighted by Gasteiger charge is -2.41. The van der Waals surface area contributed by atoms with Gasteiger partial charge >= 0.3 is 0 Å². The topological polar surface area (TPSA) is 41.7 Å². The zero-order valence-electron chi connectivity index (χ0n) is 12.8. The number of nitrogens with zero attached hydrogens (tertiary/aromatic N) is 2. The number of likely N-dealkylation sites (tertiary alicyclic amines) is 1. The van der Waals surface area contributed by atoms with Crippen LogP contribution < -0.4 is 5.73 Å². The largest absolute Gasteiger partial charge is 0.379 e. The molecule has 0 aromatic rings. The summed E-state index contributed by atoms with van der Waals surface area (Å²) >= 11 is 0. The minimum atomic E-state index is -0.0983. The number of rotatable bonds is 6. The van der Waals surface area contributed by atoms with Crippen LogP contribution in [0.5, 0.6) is 0 Å². The number of hydrogen-bond donors (Lipinski definition) is 1. The number of piperidine rings is 1. The molecule has 108 valence electrons. The average molecular weight is 257 g/mol.